The van der Waals surface area contributed by atoms with E-state index in [4.69, 9.17) is 11.6 Å². The summed E-state index contributed by atoms with van der Waals surface area (Å²) in [6.45, 7) is 2.11. The molecular weight excluding hydrogens is 348 g/mol. The van der Waals surface area contributed by atoms with Crippen molar-refractivity contribution in [3.63, 3.8) is 0 Å². The normalized spacial score (nSPS) is 21.3. The second-order valence-corrected chi connectivity index (χ2v) is 7.20. The summed E-state index contributed by atoms with van der Waals surface area (Å²) in [5, 5.41) is 5.72. The third kappa shape index (κ3) is 4.60. The molecule has 134 valence electrons. The molecule has 1 aromatic carbocycles. The molecule has 1 aromatic rings. The van der Waals surface area contributed by atoms with Gasteiger partial charge in [-0.2, -0.15) is 13.2 Å². The molecule has 24 heavy (non-hydrogen) atoms. The lowest BCUT2D eigenvalue weighted by Gasteiger charge is -2.39. The fourth-order valence-corrected chi connectivity index (χ4v) is 2.58. The number of hydrogen-bond donors (Lipinski definition) is 2. The van der Waals surface area contributed by atoms with Gasteiger partial charge in [0.2, 0.25) is 0 Å². The molecule has 0 atom stereocenters. The lowest BCUT2D eigenvalue weighted by Crippen LogP contribution is -2.55. The smallest absolute Gasteiger partial charge is 0.349 e. The summed E-state index contributed by atoms with van der Waals surface area (Å²) in [5.41, 5.74) is -1.69. The van der Waals surface area contributed by atoms with Crippen molar-refractivity contribution in [1.82, 2.24) is 10.6 Å². The van der Waals surface area contributed by atoms with Crippen LogP contribution in [0.2, 0.25) is 5.02 Å². The van der Waals surface area contributed by atoms with Gasteiger partial charge in [-0.15, -0.1) is 0 Å². The SMILES string of the molecule is CC(C)(CN[C@H]1C[C@H](NC(=O)c2cc(F)cc(Cl)c2)C1)C(F)(F)F. The Kier molecular flexibility index (Phi) is 5.44. The van der Waals surface area contributed by atoms with Crippen LogP contribution in [0.1, 0.15) is 37.0 Å². The summed E-state index contributed by atoms with van der Waals surface area (Å²) in [5.74, 6) is -1.05. The fourth-order valence-electron chi connectivity index (χ4n) is 2.36. The molecule has 1 aliphatic carbocycles. The topological polar surface area (TPSA) is 41.1 Å². The molecule has 0 radical (unpaired) electrons. The molecule has 0 unspecified atom stereocenters. The largest absolute Gasteiger partial charge is 0.395 e. The molecule has 2 rings (SSSR count). The van der Waals surface area contributed by atoms with Crippen molar-refractivity contribution in [3.8, 4) is 0 Å². The van der Waals surface area contributed by atoms with Crippen LogP contribution in [0, 0.1) is 11.2 Å². The van der Waals surface area contributed by atoms with Crippen molar-refractivity contribution in [1.29, 1.82) is 0 Å². The van der Waals surface area contributed by atoms with Crippen LogP contribution >= 0.6 is 11.6 Å². The number of nitrogens with one attached hydrogen (secondary N) is 2. The molecule has 0 saturated heterocycles. The maximum Gasteiger partial charge on any atom is 0.395 e. The number of halogens is 5. The van der Waals surface area contributed by atoms with Crippen molar-refractivity contribution >= 4 is 17.5 Å². The number of carbonyl (C=O) groups is 1. The van der Waals surface area contributed by atoms with E-state index in [1.165, 1.54) is 6.07 Å². The van der Waals surface area contributed by atoms with E-state index in [0.717, 1.165) is 26.0 Å². The number of carbonyl (C=O) groups excluding carboxylic acids is 1. The highest BCUT2D eigenvalue weighted by molar-refractivity contribution is 6.31. The highest BCUT2D eigenvalue weighted by atomic mass is 35.5. The Hall–Kier alpha value is -1.34. The first-order chi connectivity index (χ1) is 11.0. The summed E-state index contributed by atoms with van der Waals surface area (Å²) >= 11 is 5.70. The predicted octanol–water partition coefficient (Wildman–Crippen LogP) is 3.92. The van der Waals surface area contributed by atoms with Gasteiger partial charge in [0.1, 0.15) is 5.82 Å². The van der Waals surface area contributed by atoms with Gasteiger partial charge < -0.3 is 10.6 Å². The fraction of sp³-hybridized carbons (Fsp3) is 0.562. The van der Waals surface area contributed by atoms with E-state index >= 15 is 0 Å². The average Bonchev–Trinajstić information content (AvgIpc) is 2.38. The van der Waals surface area contributed by atoms with Crippen LogP contribution in [0.4, 0.5) is 17.6 Å². The van der Waals surface area contributed by atoms with Gasteiger partial charge in [-0.3, -0.25) is 4.79 Å². The second kappa shape index (κ2) is 6.88. The van der Waals surface area contributed by atoms with E-state index < -0.39 is 23.3 Å². The van der Waals surface area contributed by atoms with Crippen LogP contribution in [-0.2, 0) is 0 Å². The van der Waals surface area contributed by atoms with E-state index in [-0.39, 0.29) is 29.2 Å². The van der Waals surface area contributed by atoms with E-state index in [1.807, 2.05) is 0 Å². The summed E-state index contributed by atoms with van der Waals surface area (Å²) < 4.78 is 51.5. The predicted molar refractivity (Wildman–Crippen MR) is 83.5 cm³/mol. The molecule has 3 nitrogen and oxygen atoms in total. The third-order valence-corrected chi connectivity index (χ3v) is 4.42. The van der Waals surface area contributed by atoms with Gasteiger partial charge in [0.05, 0.1) is 5.41 Å². The minimum atomic E-state index is -4.27. The zero-order valence-corrected chi connectivity index (χ0v) is 14.1. The lowest BCUT2D eigenvalue weighted by atomic mass is 9.84. The van der Waals surface area contributed by atoms with Gasteiger partial charge in [0, 0.05) is 29.2 Å². The summed E-state index contributed by atoms with van der Waals surface area (Å²) in [4.78, 5) is 12.0. The maximum atomic E-state index is 13.2. The van der Waals surface area contributed by atoms with E-state index in [9.17, 15) is 22.4 Å². The Morgan fingerprint density at radius 3 is 2.38 bits per heavy atom. The van der Waals surface area contributed by atoms with Crippen molar-refractivity contribution in [3.05, 3.63) is 34.6 Å². The minimum Gasteiger partial charge on any atom is -0.349 e. The second-order valence-electron chi connectivity index (χ2n) is 6.76. The van der Waals surface area contributed by atoms with Crippen molar-refractivity contribution in [2.45, 2.75) is 44.9 Å². The van der Waals surface area contributed by atoms with Crippen molar-refractivity contribution in [2.75, 3.05) is 6.54 Å². The van der Waals surface area contributed by atoms with Crippen molar-refractivity contribution in [2.24, 2.45) is 5.41 Å². The number of alkyl halides is 3. The van der Waals surface area contributed by atoms with E-state index in [1.54, 1.807) is 0 Å². The van der Waals surface area contributed by atoms with Gasteiger partial charge in [-0.05, 0) is 44.9 Å². The molecular formula is C16H19ClF4N2O. The first-order valence-corrected chi connectivity index (χ1v) is 7.93. The van der Waals surface area contributed by atoms with Crippen LogP contribution in [0.3, 0.4) is 0 Å². The zero-order valence-electron chi connectivity index (χ0n) is 13.3. The maximum absolute atomic E-state index is 13.2. The Labute approximate surface area is 142 Å². The van der Waals surface area contributed by atoms with Gasteiger partial charge >= 0.3 is 6.18 Å². The molecule has 0 spiro atoms. The van der Waals surface area contributed by atoms with Gasteiger partial charge in [-0.25, -0.2) is 4.39 Å². The van der Waals surface area contributed by atoms with Crippen LogP contribution < -0.4 is 10.6 Å². The van der Waals surface area contributed by atoms with Gasteiger partial charge in [0.25, 0.3) is 5.91 Å². The van der Waals surface area contributed by atoms with Crippen molar-refractivity contribution < 1.29 is 22.4 Å². The zero-order chi connectivity index (χ0) is 18.1. The molecule has 0 heterocycles. The van der Waals surface area contributed by atoms with Crippen LogP contribution in [0.15, 0.2) is 18.2 Å². The summed E-state index contributed by atoms with van der Waals surface area (Å²) in [7, 11) is 0. The van der Waals surface area contributed by atoms with E-state index in [2.05, 4.69) is 10.6 Å². The molecule has 0 aromatic heterocycles. The molecule has 0 aliphatic heterocycles. The first kappa shape index (κ1) is 19.0. The molecule has 2 N–H and O–H groups in total. The molecule has 1 aliphatic rings. The number of benzene rings is 1. The number of rotatable bonds is 5. The van der Waals surface area contributed by atoms with Crippen LogP contribution in [0.5, 0.6) is 0 Å². The summed E-state index contributed by atoms with van der Waals surface area (Å²) in [6, 6.07) is 3.32. The summed E-state index contributed by atoms with van der Waals surface area (Å²) in [6.07, 6.45) is -3.21. The molecule has 1 fully saturated rings. The molecule has 8 heteroatoms. The van der Waals surface area contributed by atoms with Gasteiger partial charge in [0.15, 0.2) is 0 Å². The monoisotopic (exact) mass is 366 g/mol. The average molecular weight is 367 g/mol. The molecule has 1 saturated carbocycles. The molecule has 1 amide bonds. The Morgan fingerprint density at radius 1 is 1.21 bits per heavy atom. The first-order valence-electron chi connectivity index (χ1n) is 7.55. The van der Waals surface area contributed by atoms with E-state index in [0.29, 0.717) is 12.8 Å². The Morgan fingerprint density at radius 2 is 1.83 bits per heavy atom. The number of amides is 1. The van der Waals surface area contributed by atoms with Crippen LogP contribution in [0.25, 0.3) is 0 Å². The standard InChI is InChI=1S/C16H19ClF4N2O/c1-15(2,16(19,20)21)8-22-12-6-13(7-12)23-14(24)9-3-10(17)5-11(18)4-9/h3-5,12-13,22H,6-8H2,1-2H3,(H,23,24)/t12-,13-. The third-order valence-electron chi connectivity index (χ3n) is 4.20. The molecule has 0 bridgehead atoms. The van der Waals surface area contributed by atoms with Crippen LogP contribution in [-0.4, -0.2) is 30.7 Å². The lowest BCUT2D eigenvalue weighted by molar-refractivity contribution is -0.210. The Balaban J connectivity index is 1.78. The highest BCUT2D eigenvalue weighted by Crippen LogP contribution is 2.37. The minimum absolute atomic E-state index is 0.0759. The Bertz CT molecular complexity index is 592. The highest BCUT2D eigenvalue weighted by Gasteiger charge is 2.47. The van der Waals surface area contributed by atoms with Gasteiger partial charge in [-0.1, -0.05) is 11.6 Å². The number of hydrogen-bond acceptors (Lipinski definition) is 2. The quantitative estimate of drug-likeness (QED) is 0.775.